The minimum atomic E-state index is -0.0735. The summed E-state index contributed by atoms with van der Waals surface area (Å²) in [5, 5.41) is 12.4. The van der Waals surface area contributed by atoms with Crippen molar-refractivity contribution >= 4 is 11.5 Å². The second kappa shape index (κ2) is 2.94. The van der Waals surface area contributed by atoms with Crippen molar-refractivity contribution in [1.29, 1.82) is 0 Å². The van der Waals surface area contributed by atoms with Crippen molar-refractivity contribution in [2.75, 3.05) is 18.9 Å². The lowest BCUT2D eigenvalue weighted by Crippen LogP contribution is -2.21. The molecule has 7 heteroatoms. The van der Waals surface area contributed by atoms with Crippen molar-refractivity contribution in [3.05, 3.63) is 12.4 Å². The maximum Gasteiger partial charge on any atom is 0.224 e. The van der Waals surface area contributed by atoms with E-state index >= 15 is 0 Å². The molecule has 0 fully saturated rings. The minimum Gasteiger partial charge on any atom is -0.393 e. The van der Waals surface area contributed by atoms with E-state index in [-0.39, 0.29) is 13.2 Å². The highest BCUT2D eigenvalue weighted by atomic mass is 16.7. The highest BCUT2D eigenvalue weighted by Gasteiger charge is 2.05. The molecule has 0 bridgehead atoms. The van der Waals surface area contributed by atoms with Crippen LogP contribution in [0, 0.1) is 0 Å². The number of fused-ring (bicyclic) bond motifs is 1. The summed E-state index contributed by atoms with van der Waals surface area (Å²) in [5.41, 5.74) is 6.29. The van der Waals surface area contributed by atoms with Gasteiger partial charge in [0.15, 0.2) is 0 Å². The molecule has 0 aliphatic carbocycles. The summed E-state index contributed by atoms with van der Waals surface area (Å²) in [6, 6.07) is 0. The largest absolute Gasteiger partial charge is 0.393 e. The second-order valence-electron chi connectivity index (χ2n) is 2.41. The van der Waals surface area contributed by atoms with Gasteiger partial charge >= 0.3 is 0 Å². The molecular weight excluding hydrogens is 174 g/mol. The van der Waals surface area contributed by atoms with Gasteiger partial charge < -0.3 is 15.7 Å². The fraction of sp³-hybridized carbons (Fsp3) is 0.333. The van der Waals surface area contributed by atoms with E-state index in [2.05, 4.69) is 10.1 Å². The summed E-state index contributed by atoms with van der Waals surface area (Å²) < 4.78 is 1.50. The number of imidazole rings is 1. The van der Waals surface area contributed by atoms with Crippen LogP contribution in [0.2, 0.25) is 0 Å². The Kier molecular flexibility index (Phi) is 1.78. The maximum atomic E-state index is 8.53. The van der Waals surface area contributed by atoms with Crippen LogP contribution in [-0.4, -0.2) is 37.9 Å². The molecule has 0 atom stereocenters. The van der Waals surface area contributed by atoms with Gasteiger partial charge in [-0.05, 0) is 4.96 Å². The van der Waals surface area contributed by atoms with Crippen LogP contribution in [0.25, 0.3) is 5.52 Å². The lowest BCUT2D eigenvalue weighted by atomic mass is 10.7. The molecule has 0 aliphatic heterocycles. The SMILES string of the molecule is Nc1ncc2cnn(OCCO)n12. The van der Waals surface area contributed by atoms with Crippen LogP contribution in [0.3, 0.4) is 0 Å². The number of nitrogens with two attached hydrogens (primary N) is 1. The number of aliphatic hydroxyl groups is 1. The van der Waals surface area contributed by atoms with Crippen LogP contribution in [0.1, 0.15) is 0 Å². The molecule has 2 rings (SSSR count). The summed E-state index contributed by atoms with van der Waals surface area (Å²) >= 11 is 0. The third-order valence-electron chi connectivity index (χ3n) is 1.55. The van der Waals surface area contributed by atoms with Gasteiger partial charge in [0, 0.05) is 0 Å². The molecule has 2 heterocycles. The Labute approximate surface area is 73.3 Å². The Hall–Kier alpha value is -1.76. The molecule has 7 nitrogen and oxygen atoms in total. The van der Waals surface area contributed by atoms with E-state index in [9.17, 15) is 0 Å². The van der Waals surface area contributed by atoms with E-state index in [0.717, 1.165) is 5.52 Å². The third-order valence-corrected chi connectivity index (χ3v) is 1.55. The van der Waals surface area contributed by atoms with Gasteiger partial charge in [-0.15, -0.1) is 5.10 Å². The summed E-state index contributed by atoms with van der Waals surface area (Å²) in [7, 11) is 0. The number of nitrogen functional groups attached to an aromatic ring is 1. The number of anilines is 1. The van der Waals surface area contributed by atoms with Crippen LogP contribution in [-0.2, 0) is 0 Å². The molecule has 0 spiro atoms. The van der Waals surface area contributed by atoms with Gasteiger partial charge in [0.25, 0.3) is 0 Å². The monoisotopic (exact) mass is 183 g/mol. The zero-order valence-electron chi connectivity index (χ0n) is 6.79. The molecule has 0 radical (unpaired) electrons. The molecule has 3 N–H and O–H groups in total. The van der Waals surface area contributed by atoms with Crippen LogP contribution < -0.4 is 10.6 Å². The molecule has 2 aromatic heterocycles. The van der Waals surface area contributed by atoms with Crippen molar-refractivity contribution in [3.63, 3.8) is 0 Å². The van der Waals surface area contributed by atoms with Gasteiger partial charge in [-0.1, -0.05) is 0 Å². The van der Waals surface area contributed by atoms with Crippen LogP contribution >= 0.6 is 0 Å². The quantitative estimate of drug-likeness (QED) is 0.606. The molecule has 70 valence electrons. The van der Waals surface area contributed by atoms with Crippen molar-refractivity contribution in [3.8, 4) is 0 Å². The Bertz CT molecular complexity index is 406. The molecule has 0 saturated carbocycles. The number of nitrogens with zero attached hydrogens (tertiary/aromatic N) is 4. The average Bonchev–Trinajstić information content (AvgIpc) is 2.67. The van der Waals surface area contributed by atoms with E-state index in [4.69, 9.17) is 15.7 Å². The van der Waals surface area contributed by atoms with Gasteiger partial charge in [-0.25, -0.2) is 4.98 Å². The van der Waals surface area contributed by atoms with E-state index in [1.54, 1.807) is 12.4 Å². The molecule has 0 unspecified atom stereocenters. The standard InChI is InChI=1S/C6H9N5O2/c7-6-8-3-5-4-9-11(10(5)6)13-2-1-12/h3-4,12H,1-2H2,(H2,7,8). The molecule has 0 aliphatic rings. The topological polar surface area (TPSA) is 90.6 Å². The lowest BCUT2D eigenvalue weighted by Gasteiger charge is -2.03. The van der Waals surface area contributed by atoms with Gasteiger partial charge in [0.05, 0.1) is 19.0 Å². The Morgan fingerprint density at radius 1 is 1.54 bits per heavy atom. The van der Waals surface area contributed by atoms with E-state index in [1.165, 1.54) is 9.48 Å². The van der Waals surface area contributed by atoms with Gasteiger partial charge in [0.1, 0.15) is 12.1 Å². The number of hydrogen-bond acceptors (Lipinski definition) is 5. The van der Waals surface area contributed by atoms with Crippen molar-refractivity contribution in [2.45, 2.75) is 0 Å². The molecule has 0 amide bonds. The molecule has 0 saturated heterocycles. The van der Waals surface area contributed by atoms with E-state index < -0.39 is 0 Å². The van der Waals surface area contributed by atoms with Gasteiger partial charge in [-0.3, -0.25) is 0 Å². The normalized spacial score (nSPS) is 10.8. The lowest BCUT2D eigenvalue weighted by molar-refractivity contribution is 0.0240. The van der Waals surface area contributed by atoms with Gasteiger partial charge in [-0.2, -0.15) is 4.52 Å². The molecule has 2 aromatic rings. The maximum absolute atomic E-state index is 8.53. The van der Waals surface area contributed by atoms with Crippen molar-refractivity contribution in [1.82, 2.24) is 19.6 Å². The number of aromatic nitrogens is 4. The summed E-state index contributed by atoms with van der Waals surface area (Å²) in [4.78, 5) is 10.1. The third kappa shape index (κ3) is 1.18. The van der Waals surface area contributed by atoms with Crippen LogP contribution in [0.5, 0.6) is 0 Å². The Morgan fingerprint density at radius 2 is 2.38 bits per heavy atom. The smallest absolute Gasteiger partial charge is 0.224 e. The zero-order valence-corrected chi connectivity index (χ0v) is 6.79. The predicted octanol–water partition coefficient (Wildman–Crippen LogP) is -1.47. The second-order valence-corrected chi connectivity index (χ2v) is 2.41. The summed E-state index contributed by atoms with van der Waals surface area (Å²) in [6.45, 7) is 0.0877. The molecular formula is C6H9N5O2. The molecule has 13 heavy (non-hydrogen) atoms. The highest BCUT2D eigenvalue weighted by molar-refractivity contribution is 5.46. The number of rotatable bonds is 3. The first-order chi connectivity index (χ1) is 6.33. The van der Waals surface area contributed by atoms with Crippen molar-refractivity contribution < 1.29 is 9.94 Å². The van der Waals surface area contributed by atoms with Crippen molar-refractivity contribution in [2.24, 2.45) is 0 Å². The fourth-order valence-corrected chi connectivity index (χ4v) is 1.02. The molecule has 0 aromatic carbocycles. The predicted molar refractivity (Wildman–Crippen MR) is 43.9 cm³/mol. The minimum absolute atomic E-state index is 0.0735. The van der Waals surface area contributed by atoms with Gasteiger partial charge in [0.2, 0.25) is 5.95 Å². The highest BCUT2D eigenvalue weighted by Crippen LogP contribution is 2.05. The first-order valence-corrected chi connectivity index (χ1v) is 3.74. The van der Waals surface area contributed by atoms with Crippen LogP contribution in [0.15, 0.2) is 12.4 Å². The van der Waals surface area contributed by atoms with E-state index in [0.29, 0.717) is 5.95 Å². The first-order valence-electron chi connectivity index (χ1n) is 3.74. The number of aliphatic hydroxyl groups excluding tert-OH is 1. The zero-order chi connectivity index (χ0) is 9.26. The number of hydrogen-bond donors (Lipinski definition) is 2. The Morgan fingerprint density at radius 3 is 3.15 bits per heavy atom. The fourth-order valence-electron chi connectivity index (χ4n) is 1.02. The van der Waals surface area contributed by atoms with Crippen LogP contribution in [0.4, 0.5) is 5.95 Å². The summed E-state index contributed by atoms with van der Waals surface area (Å²) in [5.74, 6) is 0.297. The Balaban J connectivity index is 2.38. The van der Waals surface area contributed by atoms with E-state index in [1.807, 2.05) is 0 Å². The average molecular weight is 183 g/mol. The first kappa shape index (κ1) is 7.87. The summed E-state index contributed by atoms with van der Waals surface area (Å²) in [6.07, 6.45) is 3.15.